The van der Waals surface area contributed by atoms with Crippen LogP contribution in [0.4, 0.5) is 5.69 Å². The molecule has 1 aliphatic rings. The van der Waals surface area contributed by atoms with Gasteiger partial charge in [0.15, 0.2) is 11.5 Å². The molecule has 0 unspecified atom stereocenters. The van der Waals surface area contributed by atoms with Crippen LogP contribution >= 0.6 is 11.6 Å². The topological polar surface area (TPSA) is 106 Å². The molecule has 1 aromatic heterocycles. The summed E-state index contributed by atoms with van der Waals surface area (Å²) in [6.07, 6.45) is 2.72. The van der Waals surface area contributed by atoms with Gasteiger partial charge in [-0.2, -0.15) is 4.31 Å². The number of nitrogens with zero attached hydrogens (tertiary/aromatic N) is 1. The van der Waals surface area contributed by atoms with Crippen molar-refractivity contribution >= 4 is 49.8 Å². The van der Waals surface area contributed by atoms with Crippen LogP contribution in [0.2, 0.25) is 5.02 Å². The van der Waals surface area contributed by atoms with Gasteiger partial charge in [-0.3, -0.25) is 9.59 Å². The fraction of sp³-hybridized carbons (Fsp3) is 0.241. The molecule has 0 radical (unpaired) electrons. The summed E-state index contributed by atoms with van der Waals surface area (Å²) in [6, 6.07) is 17.8. The second-order valence-electron chi connectivity index (χ2n) is 9.25. The molecule has 0 bridgehead atoms. The summed E-state index contributed by atoms with van der Waals surface area (Å²) in [4.78, 5) is 26.6. The van der Waals surface area contributed by atoms with E-state index in [0.717, 1.165) is 19.3 Å². The van der Waals surface area contributed by atoms with Crippen LogP contribution in [0.1, 0.15) is 45.7 Å². The largest absolute Gasteiger partial charge is 0.495 e. The van der Waals surface area contributed by atoms with Crippen LogP contribution in [-0.2, 0) is 10.0 Å². The van der Waals surface area contributed by atoms with Crippen molar-refractivity contribution in [3.8, 4) is 5.75 Å². The first-order valence-electron chi connectivity index (χ1n) is 12.6. The molecule has 0 spiro atoms. The number of furan rings is 1. The summed E-state index contributed by atoms with van der Waals surface area (Å²) < 4.78 is 38.4. The van der Waals surface area contributed by atoms with Gasteiger partial charge in [0, 0.05) is 29.6 Å². The van der Waals surface area contributed by atoms with Crippen LogP contribution in [0.5, 0.6) is 5.75 Å². The van der Waals surface area contributed by atoms with Gasteiger partial charge < -0.3 is 14.5 Å². The highest BCUT2D eigenvalue weighted by molar-refractivity contribution is 7.89. The molecule has 1 saturated heterocycles. The number of anilines is 1. The molecule has 2 heterocycles. The minimum Gasteiger partial charge on any atom is -0.495 e. The van der Waals surface area contributed by atoms with Gasteiger partial charge >= 0.3 is 0 Å². The van der Waals surface area contributed by atoms with Crippen molar-refractivity contribution in [2.24, 2.45) is 0 Å². The Morgan fingerprint density at radius 1 is 0.974 bits per heavy atom. The van der Waals surface area contributed by atoms with Gasteiger partial charge in [0.05, 0.1) is 29.3 Å². The second kappa shape index (κ2) is 11.2. The molecular weight excluding hydrogens is 540 g/mol. The number of sulfonamides is 1. The number of halogens is 1. The Morgan fingerprint density at radius 2 is 1.67 bits per heavy atom. The summed E-state index contributed by atoms with van der Waals surface area (Å²) in [7, 11) is -2.10. The minimum atomic E-state index is -3.59. The number of hydrogen-bond acceptors (Lipinski definition) is 7. The van der Waals surface area contributed by atoms with Crippen LogP contribution in [0, 0.1) is 0 Å². The number of benzene rings is 3. The molecule has 10 heteroatoms. The Labute approximate surface area is 231 Å². The quantitative estimate of drug-likeness (QED) is 0.255. The lowest BCUT2D eigenvalue weighted by atomic mass is 10.1. The monoisotopic (exact) mass is 566 g/mol. The normalized spacial score (nSPS) is 14.3. The molecule has 1 aliphatic heterocycles. The Morgan fingerprint density at radius 3 is 2.36 bits per heavy atom. The standard InChI is InChI=1S/C29H27ClN2O6S/c1-37-26-14-11-20(17-23(26)30)28(34)29-27(22-7-3-4-8-25(22)38-29)31-18-24(33)19-9-12-21(13-10-19)39(35,36)32-15-5-2-6-16-32/h3-4,7-14,17,31H,2,5-6,15-16,18H2,1H3. The molecule has 8 nitrogen and oxygen atoms in total. The second-order valence-corrected chi connectivity index (χ2v) is 11.6. The molecule has 0 aliphatic carbocycles. The number of methoxy groups -OCH3 is 1. The van der Waals surface area contributed by atoms with E-state index in [4.69, 9.17) is 20.8 Å². The van der Waals surface area contributed by atoms with Crippen LogP contribution < -0.4 is 10.1 Å². The lowest BCUT2D eigenvalue weighted by molar-refractivity contribution is 0.0997. The van der Waals surface area contributed by atoms with Crippen LogP contribution in [0.3, 0.4) is 0 Å². The fourth-order valence-corrected chi connectivity index (χ4v) is 6.43. The Kier molecular flexibility index (Phi) is 7.74. The average molecular weight is 567 g/mol. The van der Waals surface area contributed by atoms with Crippen LogP contribution in [0.25, 0.3) is 11.0 Å². The minimum absolute atomic E-state index is 0.0493. The van der Waals surface area contributed by atoms with Gasteiger partial charge in [-0.25, -0.2) is 8.42 Å². The number of fused-ring (bicyclic) bond motifs is 1. The van der Waals surface area contributed by atoms with Crippen molar-refractivity contribution in [3.63, 3.8) is 0 Å². The molecule has 1 fully saturated rings. The number of rotatable bonds is 9. The number of nitrogens with one attached hydrogen (secondary N) is 1. The van der Waals surface area contributed by atoms with E-state index in [0.29, 0.717) is 46.6 Å². The first-order valence-corrected chi connectivity index (χ1v) is 14.4. The van der Waals surface area contributed by atoms with Gasteiger partial charge in [0.2, 0.25) is 15.8 Å². The third-order valence-electron chi connectivity index (χ3n) is 6.77. The number of hydrogen-bond donors (Lipinski definition) is 1. The molecule has 39 heavy (non-hydrogen) atoms. The number of ether oxygens (including phenoxy) is 1. The van der Waals surface area contributed by atoms with E-state index in [1.165, 1.54) is 41.7 Å². The van der Waals surface area contributed by atoms with Crippen LogP contribution in [0.15, 0.2) is 76.0 Å². The van der Waals surface area contributed by atoms with E-state index >= 15 is 0 Å². The van der Waals surface area contributed by atoms with Gasteiger partial charge in [0.25, 0.3) is 0 Å². The molecule has 1 N–H and O–H groups in total. The Bertz CT molecular complexity index is 1640. The predicted molar refractivity (Wildman–Crippen MR) is 150 cm³/mol. The average Bonchev–Trinajstić information content (AvgIpc) is 3.34. The number of ketones is 2. The molecule has 3 aromatic carbocycles. The van der Waals surface area contributed by atoms with E-state index in [1.54, 1.807) is 30.3 Å². The molecule has 0 atom stereocenters. The van der Waals surface area contributed by atoms with E-state index in [-0.39, 0.29) is 28.0 Å². The van der Waals surface area contributed by atoms with Gasteiger partial charge in [-0.15, -0.1) is 0 Å². The van der Waals surface area contributed by atoms with E-state index in [9.17, 15) is 18.0 Å². The summed E-state index contributed by atoms with van der Waals surface area (Å²) >= 11 is 6.22. The van der Waals surface area contributed by atoms with Crippen molar-refractivity contribution in [1.82, 2.24) is 4.31 Å². The smallest absolute Gasteiger partial charge is 0.243 e. The van der Waals surface area contributed by atoms with E-state index < -0.39 is 15.8 Å². The van der Waals surface area contributed by atoms with Gasteiger partial charge in [-0.1, -0.05) is 30.2 Å². The maximum absolute atomic E-state index is 13.4. The molecule has 5 rings (SSSR count). The SMILES string of the molecule is COc1ccc(C(=O)c2oc3ccccc3c2NCC(=O)c2ccc(S(=O)(=O)N3CCCCC3)cc2)cc1Cl. The molecule has 202 valence electrons. The maximum atomic E-state index is 13.4. The third-order valence-corrected chi connectivity index (χ3v) is 8.98. The van der Waals surface area contributed by atoms with Crippen molar-refractivity contribution in [1.29, 1.82) is 0 Å². The Balaban J connectivity index is 1.36. The first-order chi connectivity index (χ1) is 18.8. The third kappa shape index (κ3) is 5.43. The molecule has 0 amide bonds. The molecule has 4 aromatic rings. The van der Waals surface area contributed by atoms with E-state index in [2.05, 4.69) is 5.32 Å². The summed E-state index contributed by atoms with van der Waals surface area (Å²) in [5, 5.41) is 4.01. The Hall–Kier alpha value is -3.66. The van der Waals surface area contributed by atoms with Gasteiger partial charge in [-0.05, 0) is 67.4 Å². The van der Waals surface area contributed by atoms with Gasteiger partial charge in [0.1, 0.15) is 11.3 Å². The van der Waals surface area contributed by atoms with Crippen molar-refractivity contribution in [2.75, 3.05) is 32.1 Å². The summed E-state index contributed by atoms with van der Waals surface area (Å²) in [5.41, 5.74) is 1.53. The molecular formula is C29H27ClN2O6S. The van der Waals surface area contributed by atoms with Crippen LogP contribution in [-0.4, -0.2) is 51.0 Å². The number of para-hydroxylation sites is 1. The molecule has 0 saturated carbocycles. The zero-order valence-corrected chi connectivity index (χ0v) is 22.8. The van der Waals surface area contributed by atoms with Crippen molar-refractivity contribution in [3.05, 3.63) is 88.6 Å². The van der Waals surface area contributed by atoms with Crippen molar-refractivity contribution in [2.45, 2.75) is 24.2 Å². The highest BCUT2D eigenvalue weighted by Gasteiger charge is 2.26. The first kappa shape index (κ1) is 26.9. The number of carbonyl (C=O) groups is 2. The highest BCUT2D eigenvalue weighted by Crippen LogP contribution is 2.34. The summed E-state index contributed by atoms with van der Waals surface area (Å²) in [5.74, 6) is -0.184. The zero-order chi connectivity index (χ0) is 27.6. The number of carbonyl (C=O) groups excluding carboxylic acids is 2. The van der Waals surface area contributed by atoms with E-state index in [1.807, 2.05) is 6.07 Å². The lowest BCUT2D eigenvalue weighted by Crippen LogP contribution is -2.35. The zero-order valence-electron chi connectivity index (χ0n) is 21.3. The lowest BCUT2D eigenvalue weighted by Gasteiger charge is -2.25. The number of Topliss-reactive ketones (excluding diaryl/α,β-unsaturated/α-hetero) is 1. The number of piperidine rings is 1. The predicted octanol–water partition coefficient (Wildman–Crippen LogP) is 5.80. The maximum Gasteiger partial charge on any atom is 0.243 e. The van der Waals surface area contributed by atoms with Crippen molar-refractivity contribution < 1.29 is 27.2 Å². The fourth-order valence-electron chi connectivity index (χ4n) is 4.66. The highest BCUT2D eigenvalue weighted by atomic mass is 35.5. The summed E-state index contributed by atoms with van der Waals surface area (Å²) in [6.45, 7) is 0.885.